The van der Waals surface area contributed by atoms with E-state index in [0.29, 0.717) is 5.92 Å². The number of benzene rings is 2. The van der Waals surface area contributed by atoms with Gasteiger partial charge in [0.05, 0.1) is 5.92 Å². The molecule has 3 nitrogen and oxygen atoms in total. The van der Waals surface area contributed by atoms with Crippen LogP contribution in [0.1, 0.15) is 49.7 Å². The van der Waals surface area contributed by atoms with Gasteiger partial charge in [-0.2, -0.15) is 5.10 Å². The fourth-order valence-electron chi connectivity index (χ4n) is 3.35. The zero-order valence-electron chi connectivity index (χ0n) is 14.1. The van der Waals surface area contributed by atoms with Gasteiger partial charge in [0.25, 0.3) is 5.91 Å². The highest BCUT2D eigenvalue weighted by atomic mass is 16.2. The second kappa shape index (κ2) is 7.91. The van der Waals surface area contributed by atoms with E-state index in [1.807, 2.05) is 60.7 Å². The van der Waals surface area contributed by atoms with Gasteiger partial charge in [0.2, 0.25) is 0 Å². The molecule has 1 N–H and O–H groups in total. The molecule has 2 aromatic carbocycles. The van der Waals surface area contributed by atoms with Gasteiger partial charge in [-0.25, -0.2) is 5.43 Å². The van der Waals surface area contributed by atoms with E-state index in [2.05, 4.69) is 17.5 Å². The van der Waals surface area contributed by atoms with Crippen LogP contribution < -0.4 is 5.43 Å². The number of nitrogens with zero attached hydrogens (tertiary/aromatic N) is 1. The van der Waals surface area contributed by atoms with E-state index in [1.165, 1.54) is 6.42 Å². The van der Waals surface area contributed by atoms with Crippen LogP contribution in [0.4, 0.5) is 0 Å². The Morgan fingerprint density at radius 2 is 1.62 bits per heavy atom. The summed E-state index contributed by atoms with van der Waals surface area (Å²) in [6.45, 7) is 2.24. The fraction of sp³-hybridized carbons (Fsp3) is 0.333. The molecule has 1 atom stereocenters. The van der Waals surface area contributed by atoms with E-state index in [9.17, 15) is 4.79 Å². The molecule has 1 aliphatic carbocycles. The van der Waals surface area contributed by atoms with E-state index < -0.39 is 0 Å². The van der Waals surface area contributed by atoms with Crippen molar-refractivity contribution in [2.45, 2.75) is 38.5 Å². The van der Waals surface area contributed by atoms with Gasteiger partial charge >= 0.3 is 0 Å². The molecular formula is C21H24N2O. The maximum absolute atomic E-state index is 12.9. The van der Waals surface area contributed by atoms with Crippen LogP contribution in [-0.4, -0.2) is 11.6 Å². The predicted octanol–water partition coefficient (Wildman–Crippen LogP) is 4.50. The molecular weight excluding hydrogens is 296 g/mol. The molecule has 0 bridgehead atoms. The molecule has 124 valence electrons. The molecule has 1 amide bonds. The predicted molar refractivity (Wildman–Crippen MR) is 97.9 cm³/mol. The van der Waals surface area contributed by atoms with Gasteiger partial charge < -0.3 is 0 Å². The van der Waals surface area contributed by atoms with Gasteiger partial charge in [0, 0.05) is 5.71 Å². The standard InChI is InChI=1S/C21H24N2O/c1-16-9-8-14-19(15-16)22-23-21(24)20(17-10-4-2-5-11-17)18-12-6-3-7-13-18/h2-7,10-13,16,20H,8-9,14-15H2,1H3,(H,23,24). The summed E-state index contributed by atoms with van der Waals surface area (Å²) in [7, 11) is 0. The topological polar surface area (TPSA) is 41.5 Å². The first-order valence-corrected chi connectivity index (χ1v) is 8.69. The van der Waals surface area contributed by atoms with Crippen molar-refractivity contribution in [1.29, 1.82) is 0 Å². The summed E-state index contributed by atoms with van der Waals surface area (Å²) in [6, 6.07) is 19.8. The molecule has 1 saturated carbocycles. The summed E-state index contributed by atoms with van der Waals surface area (Å²) in [5.74, 6) is 0.254. The van der Waals surface area contributed by atoms with E-state index in [-0.39, 0.29) is 11.8 Å². The van der Waals surface area contributed by atoms with Gasteiger partial charge in [-0.3, -0.25) is 4.79 Å². The molecule has 24 heavy (non-hydrogen) atoms. The monoisotopic (exact) mass is 320 g/mol. The number of carbonyl (C=O) groups excluding carboxylic acids is 1. The average Bonchev–Trinajstić information content (AvgIpc) is 2.62. The van der Waals surface area contributed by atoms with Crippen LogP contribution in [0, 0.1) is 5.92 Å². The Balaban J connectivity index is 1.81. The molecule has 1 aliphatic rings. The Hall–Kier alpha value is -2.42. The van der Waals surface area contributed by atoms with Gasteiger partial charge in [-0.05, 0) is 42.7 Å². The van der Waals surface area contributed by atoms with Crippen LogP contribution in [-0.2, 0) is 4.79 Å². The first kappa shape index (κ1) is 16.4. The second-order valence-corrected chi connectivity index (χ2v) is 6.61. The van der Waals surface area contributed by atoms with Crippen molar-refractivity contribution in [1.82, 2.24) is 5.43 Å². The summed E-state index contributed by atoms with van der Waals surface area (Å²) in [5.41, 5.74) is 5.90. The first-order chi connectivity index (χ1) is 11.7. The lowest BCUT2D eigenvalue weighted by Crippen LogP contribution is -2.28. The molecule has 0 spiro atoms. The lowest BCUT2D eigenvalue weighted by atomic mass is 9.89. The Morgan fingerprint density at radius 3 is 2.17 bits per heavy atom. The maximum Gasteiger partial charge on any atom is 0.252 e. The lowest BCUT2D eigenvalue weighted by Gasteiger charge is -2.20. The van der Waals surface area contributed by atoms with Crippen molar-refractivity contribution in [2.24, 2.45) is 11.0 Å². The van der Waals surface area contributed by atoms with E-state index in [1.54, 1.807) is 0 Å². The third kappa shape index (κ3) is 4.10. The maximum atomic E-state index is 12.9. The zero-order chi connectivity index (χ0) is 16.8. The number of hydrogen-bond donors (Lipinski definition) is 1. The molecule has 0 radical (unpaired) electrons. The van der Waals surface area contributed by atoms with Crippen molar-refractivity contribution < 1.29 is 4.79 Å². The molecule has 0 saturated heterocycles. The Morgan fingerprint density at radius 1 is 1.04 bits per heavy atom. The minimum absolute atomic E-state index is 0.0712. The number of hydrazone groups is 1. The van der Waals surface area contributed by atoms with Crippen molar-refractivity contribution in [3.63, 3.8) is 0 Å². The van der Waals surface area contributed by atoms with Crippen LogP contribution in [0.5, 0.6) is 0 Å². The van der Waals surface area contributed by atoms with Crippen LogP contribution in [0.25, 0.3) is 0 Å². The van der Waals surface area contributed by atoms with E-state index >= 15 is 0 Å². The molecule has 0 aliphatic heterocycles. The van der Waals surface area contributed by atoms with Crippen molar-refractivity contribution in [3.05, 3.63) is 71.8 Å². The van der Waals surface area contributed by atoms with Crippen LogP contribution in [0.2, 0.25) is 0 Å². The number of carbonyl (C=O) groups is 1. The molecule has 2 aromatic rings. The fourth-order valence-corrected chi connectivity index (χ4v) is 3.35. The number of nitrogens with one attached hydrogen (secondary N) is 1. The summed E-state index contributed by atoms with van der Waals surface area (Å²) in [6.07, 6.45) is 4.40. The molecule has 3 heteroatoms. The highest BCUT2D eigenvalue weighted by Crippen LogP contribution is 2.25. The SMILES string of the molecule is CC1CCCC(=NNC(=O)C(c2ccccc2)c2ccccc2)C1. The zero-order valence-corrected chi connectivity index (χ0v) is 14.1. The third-order valence-electron chi connectivity index (χ3n) is 4.60. The van der Waals surface area contributed by atoms with Gasteiger partial charge in [0.15, 0.2) is 0 Å². The minimum atomic E-state index is -0.335. The highest BCUT2D eigenvalue weighted by molar-refractivity contribution is 5.90. The van der Waals surface area contributed by atoms with Gasteiger partial charge in [-0.1, -0.05) is 67.6 Å². The molecule has 0 heterocycles. The Kier molecular flexibility index (Phi) is 5.42. The van der Waals surface area contributed by atoms with Crippen molar-refractivity contribution in [2.75, 3.05) is 0 Å². The quantitative estimate of drug-likeness (QED) is 0.828. The highest BCUT2D eigenvalue weighted by Gasteiger charge is 2.23. The Bertz CT molecular complexity index is 655. The second-order valence-electron chi connectivity index (χ2n) is 6.61. The Labute approximate surface area is 143 Å². The normalized spacial score (nSPS) is 19.4. The molecule has 3 rings (SSSR count). The molecule has 1 unspecified atom stereocenters. The van der Waals surface area contributed by atoms with Gasteiger partial charge in [-0.15, -0.1) is 0 Å². The third-order valence-corrected chi connectivity index (χ3v) is 4.60. The van der Waals surface area contributed by atoms with Crippen molar-refractivity contribution >= 4 is 11.6 Å². The number of hydrogen-bond acceptors (Lipinski definition) is 2. The van der Waals surface area contributed by atoms with E-state index in [4.69, 9.17) is 0 Å². The lowest BCUT2D eigenvalue weighted by molar-refractivity contribution is -0.121. The van der Waals surface area contributed by atoms with Crippen LogP contribution in [0.15, 0.2) is 65.8 Å². The minimum Gasteiger partial charge on any atom is -0.272 e. The average molecular weight is 320 g/mol. The number of rotatable bonds is 4. The van der Waals surface area contributed by atoms with Crippen LogP contribution >= 0.6 is 0 Å². The van der Waals surface area contributed by atoms with Gasteiger partial charge in [0.1, 0.15) is 0 Å². The molecule has 1 fully saturated rings. The number of amides is 1. The van der Waals surface area contributed by atoms with Crippen LogP contribution in [0.3, 0.4) is 0 Å². The summed E-state index contributed by atoms with van der Waals surface area (Å²) in [5, 5.41) is 4.42. The summed E-state index contributed by atoms with van der Waals surface area (Å²) in [4.78, 5) is 12.9. The summed E-state index contributed by atoms with van der Waals surface area (Å²) >= 11 is 0. The first-order valence-electron chi connectivity index (χ1n) is 8.69. The van der Waals surface area contributed by atoms with Crippen molar-refractivity contribution in [3.8, 4) is 0 Å². The smallest absolute Gasteiger partial charge is 0.252 e. The summed E-state index contributed by atoms with van der Waals surface area (Å²) < 4.78 is 0. The molecule has 0 aromatic heterocycles. The van der Waals surface area contributed by atoms with E-state index in [0.717, 1.165) is 36.1 Å². The largest absolute Gasteiger partial charge is 0.272 e.